The number of fused-ring (bicyclic) bond motifs is 4. The number of amides is 1. The number of anilines is 1. The minimum Gasteiger partial charge on any atom is -0.490 e. The number of nitrogens with zero attached hydrogens (tertiary/aromatic N) is 2. The second-order valence-electron chi connectivity index (χ2n) is 16.4. The zero-order valence-corrected chi connectivity index (χ0v) is 33.5. The predicted molar refractivity (Wildman–Crippen MR) is 212 cm³/mol. The van der Waals surface area contributed by atoms with Crippen LogP contribution in [0.15, 0.2) is 48.6 Å². The van der Waals surface area contributed by atoms with Crippen molar-refractivity contribution in [2.24, 2.45) is 11.8 Å². The predicted octanol–water partition coefficient (Wildman–Crippen LogP) is 5.53. The number of rotatable bonds is 7. The summed E-state index contributed by atoms with van der Waals surface area (Å²) in [6, 6.07) is 11.6. The third-order valence-electron chi connectivity index (χ3n) is 13.0. The zero-order chi connectivity index (χ0) is 38.0. The fourth-order valence-corrected chi connectivity index (χ4v) is 11.6. The summed E-state index contributed by atoms with van der Waals surface area (Å²) in [4.78, 5) is 18.8. The molecule has 13 heteroatoms. The van der Waals surface area contributed by atoms with Crippen molar-refractivity contribution in [1.82, 2.24) is 9.62 Å². The average molecular weight is 798 g/mol. The molecule has 2 saturated heterocycles. The lowest BCUT2D eigenvalue weighted by Gasteiger charge is -2.46. The summed E-state index contributed by atoms with van der Waals surface area (Å²) >= 11 is 6.50. The van der Waals surface area contributed by atoms with Gasteiger partial charge in [-0.1, -0.05) is 29.8 Å². The normalized spacial score (nSPS) is 33.1. The van der Waals surface area contributed by atoms with E-state index in [2.05, 4.69) is 32.7 Å². The van der Waals surface area contributed by atoms with Crippen LogP contribution >= 0.6 is 11.6 Å². The van der Waals surface area contributed by atoms with E-state index in [-0.39, 0.29) is 35.5 Å². The minimum absolute atomic E-state index is 0.140. The maximum Gasteiger partial charge on any atom is 0.264 e. The molecule has 4 heterocycles. The molecule has 4 aliphatic heterocycles. The number of hydrogen-bond donors (Lipinski definition) is 1. The standard InChI is InChI=1S/C42H56ClN3O8S/c1-50-39-8-2-7-37(53-22-18-45-16-20-51-21-17-45)34-12-9-31(34)26-46-27-42(15-3-5-29-23-32(43)11-13-35(29)42)28-54-38-14-10-30(24-36(38)46)41(47)44-55(48,49)40(39)25-33-6-4-19-52-33/h2,7,10-11,13-14,23-24,31,33-34,37,39-40H,3-6,8-9,12,15-22,25-28H2,1H3,(H,44,47)/b7-2+/t31-,33+,34+,37-,39-,40-,42-/m0/s1. The molecule has 2 aromatic rings. The highest BCUT2D eigenvalue weighted by Crippen LogP contribution is 2.47. The summed E-state index contributed by atoms with van der Waals surface area (Å²) < 4.78 is 61.8. The highest BCUT2D eigenvalue weighted by Gasteiger charge is 2.45. The van der Waals surface area contributed by atoms with Gasteiger partial charge in [-0.25, -0.2) is 13.1 Å². The number of morpholine rings is 1. The first kappa shape index (κ1) is 39.1. The number of nitrogens with one attached hydrogen (secondary N) is 1. The fourth-order valence-electron chi connectivity index (χ4n) is 9.83. The van der Waals surface area contributed by atoms with Crippen LogP contribution in [0.25, 0.3) is 0 Å². The van der Waals surface area contributed by atoms with Crippen molar-refractivity contribution in [1.29, 1.82) is 0 Å². The maximum atomic E-state index is 14.2. The Labute approximate surface area is 331 Å². The van der Waals surface area contributed by atoms with Gasteiger partial charge < -0.3 is 28.6 Å². The number of hydrogen-bond acceptors (Lipinski definition) is 10. The first-order valence-corrected chi connectivity index (χ1v) is 22.2. The molecular formula is C42H56ClN3O8S. The number of carbonyl (C=O) groups is 1. The van der Waals surface area contributed by atoms with E-state index in [1.54, 1.807) is 13.2 Å². The SMILES string of the molecule is CO[C@H]1C/C=C/[C@H](OCCN2CCOCC2)[C@@H]2CC[C@H]2CN2C[C@@]3(CCCc4cc(Cl)ccc43)COc3ccc(cc32)C(=O)NS(=O)(=O)[C@H]1C[C@H]1CCCO1. The second kappa shape index (κ2) is 17.0. The highest BCUT2D eigenvalue weighted by atomic mass is 35.5. The van der Waals surface area contributed by atoms with Crippen LogP contribution in [0.1, 0.15) is 72.9 Å². The van der Waals surface area contributed by atoms with Crippen LogP contribution in [-0.2, 0) is 40.8 Å². The third kappa shape index (κ3) is 8.61. The van der Waals surface area contributed by atoms with Crippen LogP contribution < -0.4 is 14.4 Å². The van der Waals surface area contributed by atoms with E-state index >= 15 is 0 Å². The van der Waals surface area contributed by atoms with E-state index in [1.807, 2.05) is 24.3 Å². The molecule has 0 unspecified atom stereocenters. The monoisotopic (exact) mass is 797 g/mol. The Morgan fingerprint density at radius 2 is 1.93 bits per heavy atom. The number of methoxy groups -OCH3 is 1. The molecule has 0 radical (unpaired) electrons. The molecule has 7 atom stereocenters. The summed E-state index contributed by atoms with van der Waals surface area (Å²) in [6.07, 6.45) is 10.4. The summed E-state index contributed by atoms with van der Waals surface area (Å²) in [7, 11) is -2.64. The van der Waals surface area contributed by atoms with Gasteiger partial charge in [0.2, 0.25) is 10.0 Å². The van der Waals surface area contributed by atoms with Crippen molar-refractivity contribution < 1.29 is 36.9 Å². The topological polar surface area (TPSA) is 116 Å². The van der Waals surface area contributed by atoms with Crippen molar-refractivity contribution in [3.05, 3.63) is 70.3 Å². The van der Waals surface area contributed by atoms with Crippen molar-refractivity contribution in [2.45, 2.75) is 86.8 Å². The van der Waals surface area contributed by atoms with Crippen molar-refractivity contribution >= 4 is 33.2 Å². The van der Waals surface area contributed by atoms with Crippen molar-refractivity contribution in [2.75, 3.05) is 77.8 Å². The van der Waals surface area contributed by atoms with Gasteiger partial charge in [-0.05, 0) is 111 Å². The van der Waals surface area contributed by atoms with Gasteiger partial charge in [-0.3, -0.25) is 9.69 Å². The quantitative estimate of drug-likeness (QED) is 0.359. The van der Waals surface area contributed by atoms with Crippen LogP contribution in [0.3, 0.4) is 0 Å². The van der Waals surface area contributed by atoms with E-state index in [9.17, 15) is 13.2 Å². The van der Waals surface area contributed by atoms with E-state index < -0.39 is 27.3 Å². The minimum atomic E-state index is -4.19. The smallest absolute Gasteiger partial charge is 0.264 e. The van der Waals surface area contributed by atoms with Crippen molar-refractivity contribution in [3.63, 3.8) is 0 Å². The molecule has 1 spiro atoms. The van der Waals surface area contributed by atoms with Crippen LogP contribution in [0.5, 0.6) is 5.75 Å². The molecule has 1 saturated carbocycles. The second-order valence-corrected chi connectivity index (χ2v) is 18.7. The Bertz CT molecular complexity index is 1820. The Kier molecular flexibility index (Phi) is 12.1. The molecule has 55 heavy (non-hydrogen) atoms. The van der Waals surface area contributed by atoms with Crippen LogP contribution in [0, 0.1) is 11.8 Å². The molecule has 1 N–H and O–H groups in total. The van der Waals surface area contributed by atoms with Crippen LogP contribution in [0.2, 0.25) is 5.02 Å². The molecule has 300 valence electrons. The van der Waals surface area contributed by atoms with Gasteiger partial charge in [0.1, 0.15) is 11.0 Å². The van der Waals surface area contributed by atoms with Gasteiger partial charge in [-0.15, -0.1) is 0 Å². The molecule has 8 rings (SSSR count). The molecule has 0 aromatic heterocycles. The van der Waals surface area contributed by atoms with Crippen LogP contribution in [0.4, 0.5) is 5.69 Å². The molecule has 2 aliphatic carbocycles. The lowest BCUT2D eigenvalue weighted by atomic mass is 9.68. The van der Waals surface area contributed by atoms with E-state index in [0.29, 0.717) is 44.5 Å². The molecule has 2 aromatic carbocycles. The van der Waals surface area contributed by atoms with E-state index in [1.165, 1.54) is 11.1 Å². The highest BCUT2D eigenvalue weighted by molar-refractivity contribution is 7.90. The molecule has 6 aliphatic rings. The van der Waals surface area contributed by atoms with Gasteiger partial charge >= 0.3 is 0 Å². The lowest BCUT2D eigenvalue weighted by Crippen LogP contribution is -2.50. The summed E-state index contributed by atoms with van der Waals surface area (Å²) in [6.45, 7) is 7.28. The van der Waals surface area contributed by atoms with Crippen molar-refractivity contribution in [3.8, 4) is 5.75 Å². The van der Waals surface area contributed by atoms with Gasteiger partial charge in [0.15, 0.2) is 0 Å². The molecule has 2 bridgehead atoms. The maximum absolute atomic E-state index is 14.2. The Hall–Kier alpha value is -2.71. The Morgan fingerprint density at radius 1 is 1.05 bits per heavy atom. The number of halogens is 1. The average Bonchev–Trinajstić information content (AvgIpc) is 3.64. The molecular weight excluding hydrogens is 742 g/mol. The first-order chi connectivity index (χ1) is 26.7. The van der Waals surface area contributed by atoms with Gasteiger partial charge in [0.25, 0.3) is 5.91 Å². The summed E-state index contributed by atoms with van der Waals surface area (Å²) in [5.74, 6) is 0.645. The summed E-state index contributed by atoms with van der Waals surface area (Å²) in [5.41, 5.74) is 3.34. The van der Waals surface area contributed by atoms with Gasteiger partial charge in [0.05, 0.1) is 50.4 Å². The largest absolute Gasteiger partial charge is 0.490 e. The van der Waals surface area contributed by atoms with E-state index in [4.69, 9.17) is 35.3 Å². The van der Waals surface area contributed by atoms with Gasteiger partial charge in [0, 0.05) is 62.4 Å². The molecule has 1 amide bonds. The Morgan fingerprint density at radius 3 is 2.71 bits per heavy atom. The number of ether oxygens (including phenoxy) is 5. The molecule has 11 nitrogen and oxygen atoms in total. The summed E-state index contributed by atoms with van der Waals surface area (Å²) in [5, 5.41) is -0.260. The number of carbonyl (C=O) groups excluding carboxylic acids is 1. The number of aryl methyl sites for hydroxylation is 1. The number of sulfonamides is 1. The van der Waals surface area contributed by atoms with Gasteiger partial charge in [-0.2, -0.15) is 0 Å². The number of benzene rings is 2. The fraction of sp³-hybridized carbons (Fsp3) is 0.643. The first-order valence-electron chi connectivity index (χ1n) is 20.3. The van der Waals surface area contributed by atoms with Crippen LogP contribution in [-0.4, -0.2) is 116 Å². The third-order valence-corrected chi connectivity index (χ3v) is 15.0. The zero-order valence-electron chi connectivity index (χ0n) is 32.0. The Balaban J connectivity index is 1.15. The lowest BCUT2D eigenvalue weighted by molar-refractivity contribution is -0.0316. The molecule has 3 fully saturated rings. The van der Waals surface area contributed by atoms with E-state index in [0.717, 1.165) is 95.0 Å².